The van der Waals surface area contributed by atoms with E-state index in [1.807, 2.05) is 42.5 Å². The van der Waals surface area contributed by atoms with Gasteiger partial charge < -0.3 is 9.47 Å². The number of aromatic nitrogens is 1. The van der Waals surface area contributed by atoms with E-state index in [1.54, 1.807) is 19.2 Å². The summed E-state index contributed by atoms with van der Waals surface area (Å²) in [6.07, 6.45) is 3.53. The summed E-state index contributed by atoms with van der Waals surface area (Å²) < 4.78 is 10.5. The van der Waals surface area contributed by atoms with Crippen LogP contribution in [0.25, 0.3) is 10.8 Å². The first-order valence-corrected chi connectivity index (χ1v) is 11.2. The van der Waals surface area contributed by atoms with Gasteiger partial charge in [-0.3, -0.25) is 9.78 Å². The summed E-state index contributed by atoms with van der Waals surface area (Å²) in [4.78, 5) is 29.4. The first kappa shape index (κ1) is 22.3. The third-order valence-electron chi connectivity index (χ3n) is 5.99. The number of methoxy groups -OCH3 is 1. The highest BCUT2D eigenvalue weighted by Crippen LogP contribution is 2.34. The number of rotatable bonds is 6. The van der Waals surface area contributed by atoms with E-state index >= 15 is 0 Å². The monoisotopic (exact) mass is 465 g/mol. The van der Waals surface area contributed by atoms with E-state index in [0.717, 1.165) is 33.4 Å². The standard InChI is InChI=1S/C28H23N3O4/c1-34-24-10-8-20(9-11-24)26-17-25(23-7-6-19-4-2-3-5-22(19)16-23)30-31(26)27(32)18-35-28(33)21-12-14-29-15-13-21/h2-16,26H,17-18H2,1H3/t26-/m0/s1. The number of ether oxygens (including phenoxy) is 2. The molecular formula is C28H23N3O4. The number of benzene rings is 3. The Morgan fingerprint density at radius 2 is 1.69 bits per heavy atom. The maximum atomic E-state index is 13.2. The van der Waals surface area contributed by atoms with Gasteiger partial charge in [0.1, 0.15) is 5.75 Å². The quantitative estimate of drug-likeness (QED) is 0.383. The van der Waals surface area contributed by atoms with Crippen LogP contribution in [0.2, 0.25) is 0 Å². The summed E-state index contributed by atoms with van der Waals surface area (Å²) in [5.41, 5.74) is 3.00. The molecule has 4 aromatic rings. The molecule has 0 saturated heterocycles. The van der Waals surface area contributed by atoms with E-state index in [1.165, 1.54) is 17.4 Å². The summed E-state index contributed by atoms with van der Waals surface area (Å²) in [6.45, 7) is -0.414. The number of pyridine rings is 1. The molecule has 0 radical (unpaired) electrons. The lowest BCUT2D eigenvalue weighted by atomic mass is 9.97. The van der Waals surface area contributed by atoms with Gasteiger partial charge in [-0.05, 0) is 52.2 Å². The molecule has 7 heteroatoms. The van der Waals surface area contributed by atoms with E-state index in [0.29, 0.717) is 12.0 Å². The molecule has 1 atom stereocenters. The molecule has 0 bridgehead atoms. The Labute approximate surface area is 202 Å². The van der Waals surface area contributed by atoms with E-state index in [2.05, 4.69) is 34.4 Å². The van der Waals surface area contributed by atoms with Crippen molar-refractivity contribution in [3.05, 3.63) is 108 Å². The van der Waals surface area contributed by atoms with Crippen molar-refractivity contribution < 1.29 is 19.1 Å². The van der Waals surface area contributed by atoms with Crippen LogP contribution in [0.5, 0.6) is 5.75 Å². The van der Waals surface area contributed by atoms with Crippen molar-refractivity contribution in [1.82, 2.24) is 9.99 Å². The molecule has 0 aliphatic carbocycles. The smallest absolute Gasteiger partial charge is 0.338 e. The number of esters is 1. The van der Waals surface area contributed by atoms with Gasteiger partial charge in [-0.25, -0.2) is 9.80 Å². The fraction of sp³-hybridized carbons (Fsp3) is 0.143. The minimum Gasteiger partial charge on any atom is -0.497 e. The van der Waals surface area contributed by atoms with Crippen LogP contribution in [0.1, 0.15) is 33.9 Å². The van der Waals surface area contributed by atoms with Crippen LogP contribution in [0.15, 0.2) is 96.4 Å². The third kappa shape index (κ3) is 4.75. The molecule has 5 rings (SSSR count). The molecule has 0 saturated carbocycles. The molecule has 2 heterocycles. The first-order valence-electron chi connectivity index (χ1n) is 11.2. The molecule has 1 amide bonds. The highest BCUT2D eigenvalue weighted by atomic mass is 16.5. The van der Waals surface area contributed by atoms with Crippen molar-refractivity contribution in [3.8, 4) is 5.75 Å². The third-order valence-corrected chi connectivity index (χ3v) is 5.99. The second kappa shape index (κ2) is 9.77. The maximum Gasteiger partial charge on any atom is 0.338 e. The highest BCUT2D eigenvalue weighted by Gasteiger charge is 2.33. The van der Waals surface area contributed by atoms with Crippen LogP contribution >= 0.6 is 0 Å². The van der Waals surface area contributed by atoms with Crippen LogP contribution < -0.4 is 4.74 Å². The zero-order valence-corrected chi connectivity index (χ0v) is 19.1. The molecule has 174 valence electrons. The molecule has 1 aliphatic rings. The van der Waals surface area contributed by atoms with E-state index < -0.39 is 18.5 Å². The minimum absolute atomic E-state index is 0.325. The molecule has 0 unspecified atom stereocenters. The van der Waals surface area contributed by atoms with Crippen molar-refractivity contribution in [2.45, 2.75) is 12.5 Å². The van der Waals surface area contributed by atoms with Gasteiger partial charge in [0.25, 0.3) is 5.91 Å². The second-order valence-corrected chi connectivity index (χ2v) is 8.15. The highest BCUT2D eigenvalue weighted by molar-refractivity contribution is 6.05. The number of hydrazone groups is 1. The van der Waals surface area contributed by atoms with Crippen LogP contribution in [0, 0.1) is 0 Å². The zero-order chi connectivity index (χ0) is 24.2. The topological polar surface area (TPSA) is 81.1 Å². The molecule has 1 aliphatic heterocycles. The van der Waals surface area contributed by atoms with Gasteiger partial charge in [0.05, 0.1) is 24.4 Å². The lowest BCUT2D eigenvalue weighted by Crippen LogP contribution is -2.31. The normalized spacial score (nSPS) is 15.1. The van der Waals surface area contributed by atoms with Gasteiger partial charge in [0.15, 0.2) is 6.61 Å². The van der Waals surface area contributed by atoms with Crippen LogP contribution in [-0.4, -0.2) is 41.3 Å². The summed E-state index contributed by atoms with van der Waals surface area (Å²) in [5, 5.41) is 8.34. The molecule has 0 spiro atoms. The van der Waals surface area contributed by atoms with Crippen molar-refractivity contribution in [2.24, 2.45) is 5.10 Å². The fourth-order valence-corrected chi connectivity index (χ4v) is 4.13. The van der Waals surface area contributed by atoms with Crippen molar-refractivity contribution in [3.63, 3.8) is 0 Å². The number of nitrogens with zero attached hydrogens (tertiary/aromatic N) is 3. The van der Waals surface area contributed by atoms with Crippen molar-refractivity contribution in [1.29, 1.82) is 0 Å². The van der Waals surface area contributed by atoms with Crippen LogP contribution in [0.3, 0.4) is 0 Å². The largest absolute Gasteiger partial charge is 0.497 e. The van der Waals surface area contributed by atoms with Crippen LogP contribution in [0.4, 0.5) is 0 Å². The number of hydrogen-bond donors (Lipinski definition) is 0. The molecule has 35 heavy (non-hydrogen) atoms. The number of carbonyl (C=O) groups excluding carboxylic acids is 2. The van der Waals surface area contributed by atoms with E-state index in [-0.39, 0.29) is 6.04 Å². The van der Waals surface area contributed by atoms with Gasteiger partial charge in [-0.1, -0.05) is 48.5 Å². The number of fused-ring (bicyclic) bond motifs is 1. The minimum atomic E-state index is -0.584. The Balaban J connectivity index is 1.41. The van der Waals surface area contributed by atoms with Crippen molar-refractivity contribution >= 4 is 28.4 Å². The van der Waals surface area contributed by atoms with E-state index in [9.17, 15) is 9.59 Å². The molecule has 0 fully saturated rings. The van der Waals surface area contributed by atoms with Gasteiger partial charge >= 0.3 is 5.97 Å². The fourth-order valence-electron chi connectivity index (χ4n) is 4.13. The number of carbonyl (C=O) groups is 2. The Kier molecular flexibility index (Phi) is 6.22. The predicted molar refractivity (Wildman–Crippen MR) is 132 cm³/mol. The Bertz CT molecular complexity index is 1400. The Morgan fingerprint density at radius 3 is 2.43 bits per heavy atom. The van der Waals surface area contributed by atoms with Crippen molar-refractivity contribution in [2.75, 3.05) is 13.7 Å². The second-order valence-electron chi connectivity index (χ2n) is 8.15. The van der Waals surface area contributed by atoms with Crippen LogP contribution in [-0.2, 0) is 9.53 Å². The SMILES string of the molecule is COc1ccc([C@@H]2CC(c3ccc4ccccc4c3)=NN2C(=O)COC(=O)c2ccncc2)cc1. The first-order chi connectivity index (χ1) is 17.1. The zero-order valence-electron chi connectivity index (χ0n) is 19.1. The summed E-state index contributed by atoms with van der Waals surface area (Å²) in [5.74, 6) is -0.254. The molecule has 7 nitrogen and oxygen atoms in total. The Morgan fingerprint density at radius 1 is 0.943 bits per heavy atom. The van der Waals surface area contributed by atoms with E-state index in [4.69, 9.17) is 9.47 Å². The Hall–Kier alpha value is -4.52. The molecule has 3 aromatic carbocycles. The summed E-state index contributed by atoms with van der Waals surface area (Å²) >= 11 is 0. The molecular weight excluding hydrogens is 442 g/mol. The average molecular weight is 466 g/mol. The van der Waals surface area contributed by atoms with Gasteiger partial charge in [-0.2, -0.15) is 5.10 Å². The van der Waals surface area contributed by atoms with Gasteiger partial charge in [0, 0.05) is 18.8 Å². The van der Waals surface area contributed by atoms with Gasteiger partial charge in [0.2, 0.25) is 0 Å². The number of amides is 1. The summed E-state index contributed by atoms with van der Waals surface area (Å²) in [7, 11) is 1.61. The lowest BCUT2D eigenvalue weighted by molar-refractivity contribution is -0.136. The summed E-state index contributed by atoms with van der Waals surface area (Å²) in [6, 6.07) is 24.6. The lowest BCUT2D eigenvalue weighted by Gasteiger charge is -2.22. The number of hydrogen-bond acceptors (Lipinski definition) is 6. The maximum absolute atomic E-state index is 13.2. The molecule has 1 aromatic heterocycles. The predicted octanol–water partition coefficient (Wildman–Crippen LogP) is 4.78. The molecule has 0 N–H and O–H groups in total. The van der Waals surface area contributed by atoms with Gasteiger partial charge in [-0.15, -0.1) is 0 Å². The average Bonchev–Trinajstić information content (AvgIpc) is 3.37.